The van der Waals surface area contributed by atoms with Gasteiger partial charge < -0.3 is 5.32 Å². The summed E-state index contributed by atoms with van der Waals surface area (Å²) in [5.41, 5.74) is 3.00. The highest BCUT2D eigenvalue weighted by Gasteiger charge is 2.22. The molecular weight excluding hydrogens is 296 g/mol. The number of carbonyl (C=O) groups is 1. The normalized spacial score (nSPS) is 10.2. The molecule has 0 atom stereocenters. The second-order valence-electron chi connectivity index (χ2n) is 5.44. The fraction of sp³-hybridized carbons (Fsp3) is 0.0476. The number of nitriles is 1. The quantitative estimate of drug-likeness (QED) is 0.779. The predicted octanol–water partition coefficient (Wildman–Crippen LogP) is 4.33. The van der Waals surface area contributed by atoms with Gasteiger partial charge in [0.15, 0.2) is 0 Å². The highest BCUT2D eigenvalue weighted by molar-refractivity contribution is 5.98. The van der Waals surface area contributed by atoms with Gasteiger partial charge >= 0.3 is 0 Å². The Balaban J connectivity index is 1.94. The summed E-state index contributed by atoms with van der Waals surface area (Å²) in [6.07, 6.45) is 0. The highest BCUT2D eigenvalue weighted by Crippen LogP contribution is 2.26. The van der Waals surface area contributed by atoms with Crippen LogP contribution >= 0.6 is 0 Å². The molecule has 24 heavy (non-hydrogen) atoms. The zero-order valence-corrected chi connectivity index (χ0v) is 13.0. The third kappa shape index (κ3) is 3.50. The molecule has 3 aromatic carbocycles. The van der Waals surface area contributed by atoms with Crippen LogP contribution in [0.25, 0.3) is 0 Å². The monoisotopic (exact) mass is 312 g/mol. The smallest absolute Gasteiger partial charge is 0.236 e. The number of amides is 1. The van der Waals surface area contributed by atoms with Crippen molar-refractivity contribution in [2.45, 2.75) is 5.92 Å². The molecule has 1 N–H and O–H groups in total. The molecule has 0 unspecified atom stereocenters. The molecule has 0 bridgehead atoms. The van der Waals surface area contributed by atoms with Gasteiger partial charge in [0.05, 0.1) is 17.6 Å². The van der Waals surface area contributed by atoms with E-state index in [-0.39, 0.29) is 5.91 Å². The molecule has 0 saturated heterocycles. The van der Waals surface area contributed by atoms with E-state index in [9.17, 15) is 4.79 Å². The number of hydrogen-bond donors (Lipinski definition) is 1. The zero-order valence-electron chi connectivity index (χ0n) is 13.0. The Morgan fingerprint density at radius 3 is 1.96 bits per heavy atom. The molecule has 3 rings (SSSR count). The van der Waals surface area contributed by atoms with Crippen molar-refractivity contribution < 1.29 is 4.79 Å². The number of nitrogens with one attached hydrogen (secondary N) is 1. The molecule has 3 heteroatoms. The van der Waals surface area contributed by atoms with Crippen LogP contribution in [-0.4, -0.2) is 5.91 Å². The Morgan fingerprint density at radius 1 is 0.833 bits per heavy atom. The maximum Gasteiger partial charge on any atom is 0.236 e. The van der Waals surface area contributed by atoms with Crippen molar-refractivity contribution in [1.29, 1.82) is 5.26 Å². The summed E-state index contributed by atoms with van der Waals surface area (Å²) < 4.78 is 0. The zero-order chi connectivity index (χ0) is 16.8. The van der Waals surface area contributed by atoms with Crippen molar-refractivity contribution >= 4 is 11.6 Å². The Labute approximate surface area is 141 Å². The molecule has 116 valence electrons. The fourth-order valence-corrected chi connectivity index (χ4v) is 2.67. The molecule has 0 fully saturated rings. The molecule has 0 heterocycles. The maximum atomic E-state index is 12.9. The third-order valence-corrected chi connectivity index (χ3v) is 3.79. The molecule has 0 aliphatic heterocycles. The van der Waals surface area contributed by atoms with E-state index in [1.807, 2.05) is 60.7 Å². The van der Waals surface area contributed by atoms with Crippen molar-refractivity contribution in [1.82, 2.24) is 0 Å². The lowest BCUT2D eigenvalue weighted by molar-refractivity contribution is -0.116. The summed E-state index contributed by atoms with van der Waals surface area (Å²) in [4.78, 5) is 12.9. The van der Waals surface area contributed by atoms with Crippen LogP contribution in [0.2, 0.25) is 0 Å². The van der Waals surface area contributed by atoms with Crippen molar-refractivity contribution in [3.05, 3.63) is 102 Å². The van der Waals surface area contributed by atoms with Gasteiger partial charge in [-0.05, 0) is 29.3 Å². The van der Waals surface area contributed by atoms with Crippen LogP contribution in [-0.2, 0) is 4.79 Å². The molecule has 0 aromatic heterocycles. The summed E-state index contributed by atoms with van der Waals surface area (Å²) in [5.74, 6) is -0.527. The Bertz CT molecular complexity index is 828. The topological polar surface area (TPSA) is 52.9 Å². The molecule has 0 spiro atoms. The van der Waals surface area contributed by atoms with Gasteiger partial charge in [0.25, 0.3) is 0 Å². The maximum absolute atomic E-state index is 12.9. The molecule has 0 aliphatic carbocycles. The molecule has 1 amide bonds. The number of carbonyl (C=O) groups excluding carboxylic acids is 1. The van der Waals surface area contributed by atoms with E-state index in [4.69, 9.17) is 5.26 Å². The van der Waals surface area contributed by atoms with Gasteiger partial charge in [-0.3, -0.25) is 4.79 Å². The van der Waals surface area contributed by atoms with Gasteiger partial charge in [0.2, 0.25) is 5.91 Å². The number of anilines is 1. The molecule has 3 nitrogen and oxygen atoms in total. The summed E-state index contributed by atoms with van der Waals surface area (Å²) in [6, 6.07) is 28.4. The van der Waals surface area contributed by atoms with E-state index < -0.39 is 5.92 Å². The SMILES string of the molecule is N#Cc1cccc(NC(=O)C(c2ccccc2)c2ccccc2)c1. The number of hydrogen-bond acceptors (Lipinski definition) is 2. The Kier molecular flexibility index (Phi) is 4.69. The minimum absolute atomic E-state index is 0.123. The van der Waals surface area contributed by atoms with Gasteiger partial charge in [-0.1, -0.05) is 66.7 Å². The number of rotatable bonds is 4. The molecule has 3 aromatic rings. The highest BCUT2D eigenvalue weighted by atomic mass is 16.1. The van der Waals surface area contributed by atoms with Crippen LogP contribution in [0.15, 0.2) is 84.9 Å². The first-order valence-electron chi connectivity index (χ1n) is 7.69. The van der Waals surface area contributed by atoms with Crippen LogP contribution in [0.3, 0.4) is 0 Å². The average Bonchev–Trinajstić information content (AvgIpc) is 2.64. The van der Waals surface area contributed by atoms with Crippen LogP contribution in [0.4, 0.5) is 5.69 Å². The van der Waals surface area contributed by atoms with E-state index in [1.165, 1.54) is 0 Å². The second kappa shape index (κ2) is 7.26. The first kappa shape index (κ1) is 15.5. The molecule has 0 aliphatic rings. The summed E-state index contributed by atoms with van der Waals surface area (Å²) in [6.45, 7) is 0. The van der Waals surface area contributed by atoms with Crippen molar-refractivity contribution in [2.24, 2.45) is 0 Å². The van der Waals surface area contributed by atoms with E-state index in [2.05, 4.69) is 11.4 Å². The van der Waals surface area contributed by atoms with E-state index in [0.29, 0.717) is 11.3 Å². The number of nitrogens with zero attached hydrogens (tertiary/aromatic N) is 1. The Hall–Kier alpha value is -3.38. The van der Waals surface area contributed by atoms with E-state index >= 15 is 0 Å². The molecule has 0 saturated carbocycles. The first-order valence-corrected chi connectivity index (χ1v) is 7.69. The standard InChI is InChI=1S/C21H16N2O/c22-15-16-8-7-13-19(14-16)23-21(24)20(17-9-3-1-4-10-17)18-11-5-2-6-12-18/h1-14,20H,(H,23,24). The largest absolute Gasteiger partial charge is 0.325 e. The van der Waals surface area contributed by atoms with Gasteiger partial charge in [0.1, 0.15) is 0 Å². The van der Waals surface area contributed by atoms with Gasteiger partial charge in [0, 0.05) is 5.69 Å². The van der Waals surface area contributed by atoms with Crippen molar-refractivity contribution in [3.8, 4) is 6.07 Å². The van der Waals surface area contributed by atoms with Gasteiger partial charge in [-0.25, -0.2) is 0 Å². The number of benzene rings is 3. The lowest BCUT2D eigenvalue weighted by atomic mass is 9.90. The van der Waals surface area contributed by atoms with Crippen LogP contribution in [0.5, 0.6) is 0 Å². The average molecular weight is 312 g/mol. The minimum Gasteiger partial charge on any atom is -0.325 e. The van der Waals surface area contributed by atoms with Crippen LogP contribution in [0.1, 0.15) is 22.6 Å². The van der Waals surface area contributed by atoms with E-state index in [0.717, 1.165) is 11.1 Å². The van der Waals surface area contributed by atoms with Gasteiger partial charge in [-0.2, -0.15) is 5.26 Å². The lowest BCUT2D eigenvalue weighted by Crippen LogP contribution is -2.22. The van der Waals surface area contributed by atoms with Crippen LogP contribution in [0, 0.1) is 11.3 Å². The summed E-state index contributed by atoms with van der Waals surface area (Å²) in [5, 5.41) is 11.9. The first-order chi connectivity index (χ1) is 11.8. The summed E-state index contributed by atoms with van der Waals surface area (Å²) in [7, 11) is 0. The van der Waals surface area contributed by atoms with Gasteiger partial charge in [-0.15, -0.1) is 0 Å². The van der Waals surface area contributed by atoms with Crippen molar-refractivity contribution in [3.63, 3.8) is 0 Å². The fourth-order valence-electron chi connectivity index (χ4n) is 2.67. The molecule has 0 radical (unpaired) electrons. The second-order valence-corrected chi connectivity index (χ2v) is 5.44. The Morgan fingerprint density at radius 2 is 1.42 bits per heavy atom. The van der Waals surface area contributed by atoms with Crippen molar-refractivity contribution in [2.75, 3.05) is 5.32 Å². The van der Waals surface area contributed by atoms with E-state index in [1.54, 1.807) is 24.3 Å². The summed E-state index contributed by atoms with van der Waals surface area (Å²) >= 11 is 0. The predicted molar refractivity (Wildman–Crippen MR) is 94.5 cm³/mol. The minimum atomic E-state index is -0.404. The van der Waals surface area contributed by atoms with Crippen LogP contribution < -0.4 is 5.32 Å². The third-order valence-electron chi connectivity index (χ3n) is 3.79. The lowest BCUT2D eigenvalue weighted by Gasteiger charge is -2.18. The molecular formula is C21H16N2O.